The van der Waals surface area contributed by atoms with Gasteiger partial charge >= 0.3 is 0 Å². The molecule has 0 radical (unpaired) electrons. The number of carbonyl (C=O) groups excluding carboxylic acids is 1. The van der Waals surface area contributed by atoms with Crippen molar-refractivity contribution in [3.05, 3.63) is 72.3 Å². The van der Waals surface area contributed by atoms with Crippen LogP contribution in [0.3, 0.4) is 0 Å². The molecule has 0 heterocycles. The molecule has 1 amide bonds. The van der Waals surface area contributed by atoms with Crippen LogP contribution in [0, 0.1) is 11.3 Å². The van der Waals surface area contributed by atoms with E-state index >= 15 is 0 Å². The molecule has 0 aromatic heterocycles. The van der Waals surface area contributed by atoms with E-state index in [2.05, 4.69) is 11.4 Å². The van der Waals surface area contributed by atoms with Crippen molar-refractivity contribution in [2.24, 2.45) is 0 Å². The van der Waals surface area contributed by atoms with Gasteiger partial charge in [-0.2, -0.15) is 9.57 Å². The van der Waals surface area contributed by atoms with Crippen LogP contribution in [0.25, 0.3) is 10.8 Å². The van der Waals surface area contributed by atoms with Gasteiger partial charge in [0.25, 0.3) is 0 Å². The molecule has 1 fully saturated rings. The third kappa shape index (κ3) is 3.80. The zero-order valence-corrected chi connectivity index (χ0v) is 17.3. The van der Waals surface area contributed by atoms with Crippen LogP contribution in [0.1, 0.15) is 18.4 Å². The molecule has 7 heteroatoms. The summed E-state index contributed by atoms with van der Waals surface area (Å²) in [5.74, 6) is -0.434. The lowest BCUT2D eigenvalue weighted by Crippen LogP contribution is -2.34. The van der Waals surface area contributed by atoms with E-state index in [-0.39, 0.29) is 16.9 Å². The number of benzene rings is 3. The van der Waals surface area contributed by atoms with Crippen LogP contribution in [0.4, 0.5) is 5.69 Å². The topological polar surface area (TPSA) is 90.3 Å². The maximum atomic E-state index is 12.9. The molecule has 6 nitrogen and oxygen atoms in total. The average Bonchev–Trinajstić information content (AvgIpc) is 3.55. The number of likely N-dealkylation sites (N-methyl/N-ethyl adjacent to an activating group) is 1. The Morgan fingerprint density at radius 3 is 2.37 bits per heavy atom. The molecule has 3 aromatic carbocycles. The molecule has 30 heavy (non-hydrogen) atoms. The number of nitrogens with one attached hydrogen (secondary N) is 1. The van der Waals surface area contributed by atoms with E-state index in [0.717, 1.165) is 33.5 Å². The summed E-state index contributed by atoms with van der Waals surface area (Å²) in [5, 5.41) is 13.8. The number of sulfonamides is 1. The largest absolute Gasteiger partial charge is 0.325 e. The van der Waals surface area contributed by atoms with E-state index in [9.17, 15) is 18.5 Å². The Kier molecular flexibility index (Phi) is 5.06. The van der Waals surface area contributed by atoms with Crippen LogP contribution in [0.2, 0.25) is 0 Å². The van der Waals surface area contributed by atoms with Crippen LogP contribution < -0.4 is 5.32 Å². The molecule has 0 bridgehead atoms. The van der Waals surface area contributed by atoms with Gasteiger partial charge in [0.1, 0.15) is 0 Å². The van der Waals surface area contributed by atoms with E-state index in [4.69, 9.17) is 0 Å². The van der Waals surface area contributed by atoms with Crippen molar-refractivity contribution in [3.63, 3.8) is 0 Å². The fraction of sp³-hybridized carbons (Fsp3) is 0.217. The van der Waals surface area contributed by atoms with Crippen molar-refractivity contribution in [2.75, 3.05) is 18.9 Å². The van der Waals surface area contributed by atoms with Gasteiger partial charge in [0.15, 0.2) is 0 Å². The number of fused-ring (bicyclic) bond motifs is 1. The molecule has 0 saturated heterocycles. The first-order chi connectivity index (χ1) is 14.3. The first-order valence-electron chi connectivity index (χ1n) is 9.61. The number of anilines is 1. The third-order valence-electron chi connectivity index (χ3n) is 5.48. The molecule has 3 aromatic rings. The molecule has 0 unspecified atom stereocenters. The lowest BCUT2D eigenvalue weighted by Gasteiger charge is -2.17. The predicted octanol–water partition coefficient (Wildman–Crippen LogP) is 3.65. The summed E-state index contributed by atoms with van der Waals surface area (Å²) in [5.41, 5.74) is 1.13. The van der Waals surface area contributed by atoms with E-state index in [1.165, 1.54) is 7.05 Å². The summed E-state index contributed by atoms with van der Waals surface area (Å²) in [6.07, 6.45) is 1.71. The predicted molar refractivity (Wildman–Crippen MR) is 115 cm³/mol. The molecular weight excluding hydrogens is 398 g/mol. The number of rotatable bonds is 6. The third-order valence-corrected chi connectivity index (χ3v) is 7.28. The highest BCUT2D eigenvalue weighted by Gasteiger charge is 2.44. The zero-order chi connectivity index (χ0) is 21.4. The highest BCUT2D eigenvalue weighted by Crippen LogP contribution is 2.47. The number of amides is 1. The minimum atomic E-state index is -3.80. The van der Waals surface area contributed by atoms with Gasteiger partial charge in [-0.05, 0) is 53.4 Å². The van der Waals surface area contributed by atoms with Crippen LogP contribution in [0.5, 0.6) is 0 Å². The minimum absolute atomic E-state index is 0.145. The van der Waals surface area contributed by atoms with Crippen LogP contribution in [0.15, 0.2) is 71.6 Å². The van der Waals surface area contributed by atoms with Crippen molar-refractivity contribution in [2.45, 2.75) is 23.2 Å². The van der Waals surface area contributed by atoms with Crippen molar-refractivity contribution in [1.82, 2.24) is 4.31 Å². The van der Waals surface area contributed by atoms with Crippen molar-refractivity contribution in [3.8, 4) is 6.07 Å². The summed E-state index contributed by atoms with van der Waals surface area (Å²) < 4.78 is 26.8. The van der Waals surface area contributed by atoms with Crippen LogP contribution in [-0.4, -0.2) is 32.2 Å². The Morgan fingerprint density at radius 2 is 1.73 bits per heavy atom. The normalized spacial score (nSPS) is 15.0. The van der Waals surface area contributed by atoms with E-state index in [1.807, 2.05) is 36.4 Å². The van der Waals surface area contributed by atoms with E-state index in [1.54, 1.807) is 30.3 Å². The van der Waals surface area contributed by atoms with Gasteiger partial charge in [0, 0.05) is 12.7 Å². The Morgan fingerprint density at radius 1 is 1.07 bits per heavy atom. The lowest BCUT2D eigenvalue weighted by atomic mass is 9.98. The molecule has 0 spiro atoms. The summed E-state index contributed by atoms with van der Waals surface area (Å²) in [6, 6.07) is 21.9. The summed E-state index contributed by atoms with van der Waals surface area (Å²) in [7, 11) is -2.42. The number of hydrogen-bond acceptors (Lipinski definition) is 4. The van der Waals surface area contributed by atoms with Crippen LogP contribution >= 0.6 is 0 Å². The van der Waals surface area contributed by atoms with E-state index in [0.29, 0.717) is 5.69 Å². The lowest BCUT2D eigenvalue weighted by molar-refractivity contribution is -0.116. The summed E-state index contributed by atoms with van der Waals surface area (Å²) >= 11 is 0. The Bertz CT molecular complexity index is 1260. The van der Waals surface area contributed by atoms with Gasteiger partial charge in [-0.3, -0.25) is 4.79 Å². The number of nitrogens with zero attached hydrogens (tertiary/aromatic N) is 2. The fourth-order valence-electron chi connectivity index (χ4n) is 3.46. The SMILES string of the molecule is CN(CC(=O)Nc1ccc(C2(C#N)CC2)cc1)S(=O)(=O)c1ccc2ccccc2c1. The first kappa shape index (κ1) is 20.1. The standard InChI is InChI=1S/C23H21N3O3S/c1-26(30(28,29)21-11-6-17-4-2-3-5-18(17)14-21)15-22(27)25-20-9-7-19(8-10-20)23(16-24)12-13-23/h2-11,14H,12-13,15H2,1H3,(H,25,27). The Labute approximate surface area is 175 Å². The molecule has 1 N–H and O–H groups in total. The maximum absolute atomic E-state index is 12.9. The zero-order valence-electron chi connectivity index (χ0n) is 16.5. The molecular formula is C23H21N3O3S. The van der Waals surface area contributed by atoms with Gasteiger partial charge in [0.2, 0.25) is 15.9 Å². The second-order valence-electron chi connectivity index (χ2n) is 7.59. The van der Waals surface area contributed by atoms with Crippen LogP contribution in [-0.2, 0) is 20.2 Å². The van der Waals surface area contributed by atoms with Gasteiger partial charge in [-0.1, -0.05) is 42.5 Å². The fourth-order valence-corrected chi connectivity index (χ4v) is 4.62. The molecule has 0 aliphatic heterocycles. The molecule has 1 aliphatic carbocycles. The molecule has 0 atom stereocenters. The van der Waals surface area contributed by atoms with E-state index < -0.39 is 15.9 Å². The minimum Gasteiger partial charge on any atom is -0.325 e. The van der Waals surface area contributed by atoms with Gasteiger partial charge in [-0.25, -0.2) is 8.42 Å². The highest BCUT2D eigenvalue weighted by atomic mass is 32.2. The van der Waals surface area contributed by atoms with Gasteiger partial charge < -0.3 is 5.32 Å². The van der Waals surface area contributed by atoms with Crippen molar-refractivity contribution < 1.29 is 13.2 Å². The van der Waals surface area contributed by atoms with Crippen molar-refractivity contribution >= 4 is 32.4 Å². The Hall–Kier alpha value is -3.21. The highest BCUT2D eigenvalue weighted by molar-refractivity contribution is 7.89. The molecule has 1 aliphatic rings. The smallest absolute Gasteiger partial charge is 0.243 e. The average molecular weight is 420 g/mol. The van der Waals surface area contributed by atoms with Gasteiger partial charge in [-0.15, -0.1) is 0 Å². The van der Waals surface area contributed by atoms with Crippen molar-refractivity contribution in [1.29, 1.82) is 5.26 Å². The summed E-state index contributed by atoms with van der Waals surface area (Å²) in [6.45, 7) is -0.307. The number of hydrogen-bond donors (Lipinski definition) is 1. The second kappa shape index (κ2) is 7.56. The molecule has 1 saturated carbocycles. The number of carbonyl (C=O) groups is 1. The molecule has 4 rings (SSSR count). The summed E-state index contributed by atoms with van der Waals surface area (Å²) in [4.78, 5) is 12.5. The quantitative estimate of drug-likeness (QED) is 0.660. The first-order valence-corrected chi connectivity index (χ1v) is 11.0. The number of nitriles is 1. The second-order valence-corrected chi connectivity index (χ2v) is 9.63. The maximum Gasteiger partial charge on any atom is 0.243 e. The molecule has 152 valence electrons. The van der Waals surface area contributed by atoms with Gasteiger partial charge in [0.05, 0.1) is 22.9 Å². The Balaban J connectivity index is 1.44. The monoisotopic (exact) mass is 419 g/mol.